The topological polar surface area (TPSA) is 50.2 Å². The first-order chi connectivity index (χ1) is 9.08. The van der Waals surface area contributed by atoms with Crippen LogP contribution in [0.2, 0.25) is 0 Å². The second kappa shape index (κ2) is 5.65. The summed E-state index contributed by atoms with van der Waals surface area (Å²) in [5, 5.41) is 9.43. The van der Waals surface area contributed by atoms with E-state index in [1.54, 1.807) is 6.07 Å². The Morgan fingerprint density at radius 2 is 1.89 bits per heavy atom. The van der Waals surface area contributed by atoms with Gasteiger partial charge in [-0.1, -0.05) is 30.3 Å². The maximum Gasteiger partial charge on any atom is 0.312 e. The molecule has 2 aromatic rings. The Labute approximate surface area is 112 Å². The van der Waals surface area contributed by atoms with Gasteiger partial charge < -0.3 is 5.11 Å². The van der Waals surface area contributed by atoms with Gasteiger partial charge in [0, 0.05) is 5.69 Å². The highest BCUT2D eigenvalue weighted by Crippen LogP contribution is 2.21. The molecule has 1 N–H and O–H groups in total. The SMILES string of the molecule is Cc1cccc(C(Cc2ccccc2C)C(=O)O)n1. The molecule has 1 atom stereocenters. The van der Waals surface area contributed by atoms with Gasteiger partial charge in [-0.15, -0.1) is 0 Å². The van der Waals surface area contributed by atoms with Gasteiger partial charge in [-0.05, 0) is 43.5 Å². The highest BCUT2D eigenvalue weighted by molar-refractivity contribution is 5.76. The van der Waals surface area contributed by atoms with Gasteiger partial charge in [0.15, 0.2) is 0 Å². The Balaban J connectivity index is 2.32. The van der Waals surface area contributed by atoms with Gasteiger partial charge in [0.2, 0.25) is 0 Å². The van der Waals surface area contributed by atoms with Crippen molar-refractivity contribution in [1.29, 1.82) is 0 Å². The summed E-state index contributed by atoms with van der Waals surface area (Å²) in [7, 11) is 0. The van der Waals surface area contributed by atoms with E-state index >= 15 is 0 Å². The number of carboxylic acid groups (broad SMARTS) is 1. The highest BCUT2D eigenvalue weighted by atomic mass is 16.4. The number of rotatable bonds is 4. The van der Waals surface area contributed by atoms with Crippen LogP contribution in [0, 0.1) is 13.8 Å². The molecule has 0 bridgehead atoms. The number of aromatic nitrogens is 1. The molecule has 0 aliphatic rings. The van der Waals surface area contributed by atoms with Crippen LogP contribution < -0.4 is 0 Å². The lowest BCUT2D eigenvalue weighted by molar-refractivity contribution is -0.138. The number of nitrogens with zero attached hydrogens (tertiary/aromatic N) is 1. The summed E-state index contributed by atoms with van der Waals surface area (Å²) in [5.74, 6) is -1.43. The van der Waals surface area contributed by atoms with Crippen molar-refractivity contribution in [3.63, 3.8) is 0 Å². The fourth-order valence-electron chi connectivity index (χ4n) is 2.14. The van der Waals surface area contributed by atoms with Crippen molar-refractivity contribution >= 4 is 5.97 Å². The van der Waals surface area contributed by atoms with Gasteiger partial charge in [-0.2, -0.15) is 0 Å². The van der Waals surface area contributed by atoms with Gasteiger partial charge >= 0.3 is 5.97 Å². The summed E-state index contributed by atoms with van der Waals surface area (Å²) in [4.78, 5) is 15.8. The van der Waals surface area contributed by atoms with E-state index < -0.39 is 11.9 Å². The van der Waals surface area contributed by atoms with E-state index in [-0.39, 0.29) is 0 Å². The molecule has 3 nitrogen and oxygen atoms in total. The number of hydrogen-bond acceptors (Lipinski definition) is 2. The average Bonchev–Trinajstić information content (AvgIpc) is 2.37. The number of benzene rings is 1. The molecule has 1 unspecified atom stereocenters. The van der Waals surface area contributed by atoms with Crippen LogP contribution >= 0.6 is 0 Å². The fraction of sp³-hybridized carbons (Fsp3) is 0.250. The molecule has 1 heterocycles. The predicted molar refractivity (Wildman–Crippen MR) is 74.2 cm³/mol. The molecule has 2 rings (SSSR count). The lowest BCUT2D eigenvalue weighted by Crippen LogP contribution is -2.16. The number of carbonyl (C=O) groups is 1. The van der Waals surface area contributed by atoms with E-state index in [0.29, 0.717) is 12.1 Å². The summed E-state index contributed by atoms with van der Waals surface area (Å²) >= 11 is 0. The van der Waals surface area contributed by atoms with Crippen molar-refractivity contribution < 1.29 is 9.90 Å². The molecule has 19 heavy (non-hydrogen) atoms. The van der Waals surface area contributed by atoms with Crippen molar-refractivity contribution in [3.05, 3.63) is 65.0 Å². The molecule has 0 aliphatic heterocycles. The third-order valence-electron chi connectivity index (χ3n) is 3.25. The van der Waals surface area contributed by atoms with Crippen LogP contribution in [0.15, 0.2) is 42.5 Å². The van der Waals surface area contributed by atoms with Crippen molar-refractivity contribution in [2.24, 2.45) is 0 Å². The van der Waals surface area contributed by atoms with Crippen molar-refractivity contribution in [1.82, 2.24) is 4.98 Å². The zero-order chi connectivity index (χ0) is 13.8. The van der Waals surface area contributed by atoms with Gasteiger partial charge in [0.05, 0.1) is 5.69 Å². The Morgan fingerprint density at radius 3 is 2.53 bits per heavy atom. The van der Waals surface area contributed by atoms with Crippen LogP contribution in [-0.4, -0.2) is 16.1 Å². The Bertz CT molecular complexity index is 593. The van der Waals surface area contributed by atoms with E-state index in [1.807, 2.05) is 50.2 Å². The quantitative estimate of drug-likeness (QED) is 0.913. The van der Waals surface area contributed by atoms with Crippen LogP contribution in [0.1, 0.15) is 28.4 Å². The largest absolute Gasteiger partial charge is 0.481 e. The van der Waals surface area contributed by atoms with Gasteiger partial charge in [0.25, 0.3) is 0 Å². The molecule has 98 valence electrons. The molecule has 0 amide bonds. The Hall–Kier alpha value is -2.16. The summed E-state index contributed by atoms with van der Waals surface area (Å²) in [6.45, 7) is 3.87. The van der Waals surface area contributed by atoms with Gasteiger partial charge in [-0.25, -0.2) is 0 Å². The van der Waals surface area contributed by atoms with Crippen LogP contribution in [-0.2, 0) is 11.2 Å². The summed E-state index contributed by atoms with van der Waals surface area (Å²) in [6.07, 6.45) is 0.471. The van der Waals surface area contributed by atoms with Crippen LogP contribution in [0.3, 0.4) is 0 Å². The second-order valence-electron chi connectivity index (χ2n) is 4.73. The maximum atomic E-state index is 11.5. The molecular formula is C16H17NO2. The predicted octanol–water partition coefficient (Wildman–Crippen LogP) is 3.11. The van der Waals surface area contributed by atoms with Crippen molar-refractivity contribution in [2.45, 2.75) is 26.2 Å². The number of pyridine rings is 1. The van der Waals surface area contributed by atoms with Crippen LogP contribution in [0.4, 0.5) is 0 Å². The minimum Gasteiger partial charge on any atom is -0.481 e. The minimum atomic E-state index is -0.832. The molecule has 0 aliphatic carbocycles. The lowest BCUT2D eigenvalue weighted by Gasteiger charge is -2.14. The molecule has 3 heteroatoms. The Kier molecular flexibility index (Phi) is 3.95. The molecule has 0 radical (unpaired) electrons. The van der Waals surface area contributed by atoms with Gasteiger partial charge in [-0.3, -0.25) is 9.78 Å². The number of aryl methyl sites for hydroxylation is 2. The standard InChI is InChI=1S/C16H17NO2/c1-11-6-3-4-8-13(11)10-14(16(18)19)15-9-5-7-12(2)17-15/h3-9,14H,10H2,1-2H3,(H,18,19). The summed E-state index contributed by atoms with van der Waals surface area (Å²) in [6, 6.07) is 13.4. The lowest BCUT2D eigenvalue weighted by atomic mass is 9.93. The molecule has 0 saturated carbocycles. The minimum absolute atomic E-state index is 0.471. The Morgan fingerprint density at radius 1 is 1.16 bits per heavy atom. The second-order valence-corrected chi connectivity index (χ2v) is 4.73. The van der Waals surface area contributed by atoms with E-state index in [2.05, 4.69) is 4.98 Å². The first-order valence-corrected chi connectivity index (χ1v) is 6.29. The van der Waals surface area contributed by atoms with E-state index in [0.717, 1.165) is 16.8 Å². The number of carboxylic acids is 1. The number of hydrogen-bond donors (Lipinski definition) is 1. The molecule has 1 aromatic heterocycles. The van der Waals surface area contributed by atoms with Crippen LogP contribution in [0.5, 0.6) is 0 Å². The van der Waals surface area contributed by atoms with Crippen molar-refractivity contribution in [3.8, 4) is 0 Å². The zero-order valence-electron chi connectivity index (χ0n) is 11.1. The molecular weight excluding hydrogens is 238 g/mol. The number of aliphatic carboxylic acids is 1. The fourth-order valence-corrected chi connectivity index (χ4v) is 2.14. The van der Waals surface area contributed by atoms with Crippen molar-refractivity contribution in [2.75, 3.05) is 0 Å². The smallest absolute Gasteiger partial charge is 0.312 e. The van der Waals surface area contributed by atoms with E-state index in [9.17, 15) is 9.90 Å². The summed E-state index contributed by atoms with van der Waals surface area (Å²) in [5.41, 5.74) is 3.63. The first kappa shape index (κ1) is 13.3. The molecule has 0 fully saturated rings. The maximum absolute atomic E-state index is 11.5. The average molecular weight is 255 g/mol. The molecule has 0 saturated heterocycles. The third kappa shape index (κ3) is 3.19. The van der Waals surface area contributed by atoms with E-state index in [1.165, 1.54) is 0 Å². The van der Waals surface area contributed by atoms with Gasteiger partial charge in [0.1, 0.15) is 5.92 Å². The first-order valence-electron chi connectivity index (χ1n) is 6.29. The van der Waals surface area contributed by atoms with E-state index in [4.69, 9.17) is 0 Å². The van der Waals surface area contributed by atoms with Crippen LogP contribution in [0.25, 0.3) is 0 Å². The normalized spacial score (nSPS) is 12.1. The highest BCUT2D eigenvalue weighted by Gasteiger charge is 2.22. The third-order valence-corrected chi connectivity index (χ3v) is 3.25. The molecule has 1 aromatic carbocycles. The zero-order valence-corrected chi connectivity index (χ0v) is 11.1. The molecule has 0 spiro atoms. The monoisotopic (exact) mass is 255 g/mol. The summed E-state index contributed by atoms with van der Waals surface area (Å²) < 4.78 is 0.